The second kappa shape index (κ2) is 4.11. The lowest BCUT2D eigenvalue weighted by Crippen LogP contribution is -2.33. The van der Waals surface area contributed by atoms with Crippen LogP contribution < -0.4 is 10.6 Å². The predicted octanol–water partition coefficient (Wildman–Crippen LogP) is 1.86. The Labute approximate surface area is 99.4 Å². The van der Waals surface area contributed by atoms with Gasteiger partial charge in [-0.05, 0) is 43.5 Å². The number of para-hydroxylation sites is 1. The molecule has 1 amide bonds. The molecular weight excluding hydrogens is 219 g/mol. The smallest absolute Gasteiger partial charge is 0.232 e. The number of hydrogen-bond donors (Lipinski definition) is 2. The zero-order valence-electron chi connectivity index (χ0n) is 9.50. The molecule has 3 nitrogen and oxygen atoms in total. The van der Waals surface area contributed by atoms with Crippen LogP contribution in [-0.4, -0.2) is 19.0 Å². The van der Waals surface area contributed by atoms with Crippen molar-refractivity contribution in [1.82, 2.24) is 5.32 Å². The molecule has 0 radical (unpaired) electrons. The van der Waals surface area contributed by atoms with E-state index in [1.807, 2.05) is 6.07 Å². The third-order valence-electron chi connectivity index (χ3n) is 3.77. The fraction of sp³-hybridized carbons (Fsp3) is 0.462. The summed E-state index contributed by atoms with van der Waals surface area (Å²) in [7, 11) is 0. The predicted molar refractivity (Wildman–Crippen MR) is 63.4 cm³/mol. The van der Waals surface area contributed by atoms with E-state index in [0.717, 1.165) is 31.5 Å². The van der Waals surface area contributed by atoms with Crippen LogP contribution in [0.25, 0.3) is 0 Å². The molecule has 1 aromatic rings. The van der Waals surface area contributed by atoms with Crippen molar-refractivity contribution in [2.24, 2.45) is 5.92 Å². The van der Waals surface area contributed by atoms with Crippen molar-refractivity contribution in [2.75, 3.05) is 18.4 Å². The molecule has 0 spiro atoms. The number of hydrogen-bond acceptors (Lipinski definition) is 2. The van der Waals surface area contributed by atoms with E-state index >= 15 is 0 Å². The van der Waals surface area contributed by atoms with E-state index in [-0.39, 0.29) is 17.6 Å². The van der Waals surface area contributed by atoms with Gasteiger partial charge in [-0.1, -0.05) is 12.1 Å². The van der Waals surface area contributed by atoms with E-state index in [1.165, 1.54) is 6.07 Å². The molecule has 2 aliphatic heterocycles. The van der Waals surface area contributed by atoms with E-state index in [4.69, 9.17) is 0 Å². The Hall–Kier alpha value is -1.42. The van der Waals surface area contributed by atoms with Gasteiger partial charge in [0.25, 0.3) is 0 Å². The molecule has 0 aromatic heterocycles. The fourth-order valence-corrected chi connectivity index (χ4v) is 2.92. The van der Waals surface area contributed by atoms with Crippen molar-refractivity contribution in [3.8, 4) is 0 Å². The molecule has 2 N–H and O–H groups in total. The summed E-state index contributed by atoms with van der Waals surface area (Å²) in [4.78, 5) is 12.0. The number of benzene rings is 1. The number of amides is 1. The van der Waals surface area contributed by atoms with Crippen LogP contribution in [0.1, 0.15) is 24.3 Å². The summed E-state index contributed by atoms with van der Waals surface area (Å²) >= 11 is 0. The highest BCUT2D eigenvalue weighted by atomic mass is 19.1. The Morgan fingerprint density at radius 1 is 1.24 bits per heavy atom. The maximum atomic E-state index is 13.6. The first-order valence-electron chi connectivity index (χ1n) is 6.07. The minimum Gasteiger partial charge on any atom is -0.323 e. The normalized spacial score (nSPS) is 24.5. The molecule has 2 heterocycles. The van der Waals surface area contributed by atoms with E-state index in [2.05, 4.69) is 10.6 Å². The standard InChI is InChI=1S/C13H15FN2O/c14-10-3-1-2-9-11(13(17)16-12(9)10)8-4-6-15-7-5-8/h1-3,8,11,15H,4-7H2,(H,16,17). The SMILES string of the molecule is O=C1Nc2c(F)cccc2C1C1CCNCC1. The van der Waals surface area contributed by atoms with Crippen molar-refractivity contribution < 1.29 is 9.18 Å². The van der Waals surface area contributed by atoms with Crippen molar-refractivity contribution in [3.05, 3.63) is 29.6 Å². The van der Waals surface area contributed by atoms with Gasteiger partial charge in [0, 0.05) is 0 Å². The van der Waals surface area contributed by atoms with Crippen molar-refractivity contribution >= 4 is 11.6 Å². The molecule has 3 rings (SSSR count). The Morgan fingerprint density at radius 2 is 2.00 bits per heavy atom. The second-order valence-corrected chi connectivity index (χ2v) is 4.76. The molecule has 17 heavy (non-hydrogen) atoms. The molecule has 1 atom stereocenters. The highest BCUT2D eigenvalue weighted by Gasteiger charge is 2.38. The monoisotopic (exact) mass is 234 g/mol. The van der Waals surface area contributed by atoms with Crippen LogP contribution in [0.2, 0.25) is 0 Å². The lowest BCUT2D eigenvalue weighted by molar-refractivity contribution is -0.118. The lowest BCUT2D eigenvalue weighted by Gasteiger charge is -2.26. The molecule has 4 heteroatoms. The number of piperidine rings is 1. The van der Waals surface area contributed by atoms with Crippen molar-refractivity contribution in [3.63, 3.8) is 0 Å². The van der Waals surface area contributed by atoms with Crippen LogP contribution in [0.3, 0.4) is 0 Å². The number of fused-ring (bicyclic) bond motifs is 1. The summed E-state index contributed by atoms with van der Waals surface area (Å²) < 4.78 is 13.6. The minimum atomic E-state index is -0.327. The van der Waals surface area contributed by atoms with Crippen LogP contribution in [0, 0.1) is 11.7 Å². The summed E-state index contributed by atoms with van der Waals surface area (Å²) in [6, 6.07) is 4.94. The van der Waals surface area contributed by atoms with Crippen LogP contribution in [0.4, 0.5) is 10.1 Å². The first-order chi connectivity index (χ1) is 8.27. The topological polar surface area (TPSA) is 41.1 Å². The Morgan fingerprint density at radius 3 is 2.76 bits per heavy atom. The zero-order valence-corrected chi connectivity index (χ0v) is 9.50. The minimum absolute atomic E-state index is 0.0444. The Balaban J connectivity index is 1.96. The summed E-state index contributed by atoms with van der Waals surface area (Å²) in [6.07, 6.45) is 1.96. The van der Waals surface area contributed by atoms with Gasteiger partial charge in [0.05, 0.1) is 11.6 Å². The first kappa shape index (κ1) is 10.7. The van der Waals surface area contributed by atoms with Gasteiger partial charge in [0.2, 0.25) is 5.91 Å². The fourth-order valence-electron chi connectivity index (χ4n) is 2.92. The quantitative estimate of drug-likeness (QED) is 0.778. The van der Waals surface area contributed by atoms with E-state index in [0.29, 0.717) is 11.6 Å². The average Bonchev–Trinajstić information content (AvgIpc) is 2.68. The van der Waals surface area contributed by atoms with E-state index < -0.39 is 0 Å². The van der Waals surface area contributed by atoms with Crippen LogP contribution in [0.5, 0.6) is 0 Å². The number of halogens is 1. The third kappa shape index (κ3) is 1.72. The Bertz CT molecular complexity index is 455. The highest BCUT2D eigenvalue weighted by molar-refractivity contribution is 6.03. The average molecular weight is 234 g/mol. The first-order valence-corrected chi connectivity index (χ1v) is 6.07. The lowest BCUT2D eigenvalue weighted by atomic mass is 9.81. The summed E-state index contributed by atoms with van der Waals surface area (Å²) in [6.45, 7) is 1.89. The Kier molecular flexibility index (Phi) is 2.59. The third-order valence-corrected chi connectivity index (χ3v) is 3.77. The molecule has 0 bridgehead atoms. The van der Waals surface area contributed by atoms with Gasteiger partial charge in [-0.3, -0.25) is 4.79 Å². The summed E-state index contributed by atoms with van der Waals surface area (Å²) in [5, 5.41) is 5.96. The number of nitrogens with one attached hydrogen (secondary N) is 2. The van der Waals surface area contributed by atoms with E-state index in [9.17, 15) is 9.18 Å². The highest BCUT2D eigenvalue weighted by Crippen LogP contribution is 2.41. The van der Waals surface area contributed by atoms with Gasteiger partial charge in [0.1, 0.15) is 5.82 Å². The van der Waals surface area contributed by atoms with Crippen molar-refractivity contribution in [1.29, 1.82) is 0 Å². The zero-order chi connectivity index (χ0) is 11.8. The molecule has 90 valence electrons. The molecule has 0 saturated carbocycles. The van der Waals surface area contributed by atoms with E-state index in [1.54, 1.807) is 6.07 Å². The van der Waals surface area contributed by atoms with Crippen molar-refractivity contribution in [2.45, 2.75) is 18.8 Å². The van der Waals surface area contributed by atoms with Gasteiger partial charge in [-0.15, -0.1) is 0 Å². The maximum Gasteiger partial charge on any atom is 0.232 e. The maximum absolute atomic E-state index is 13.6. The van der Waals surface area contributed by atoms with Crippen LogP contribution in [-0.2, 0) is 4.79 Å². The number of anilines is 1. The summed E-state index contributed by atoms with van der Waals surface area (Å²) in [5.74, 6) is -0.202. The van der Waals surface area contributed by atoms with Gasteiger partial charge >= 0.3 is 0 Å². The van der Waals surface area contributed by atoms with Crippen LogP contribution in [0.15, 0.2) is 18.2 Å². The molecule has 2 aliphatic rings. The van der Waals surface area contributed by atoms with Gasteiger partial charge in [-0.25, -0.2) is 4.39 Å². The molecule has 1 saturated heterocycles. The molecule has 1 aromatic carbocycles. The second-order valence-electron chi connectivity index (χ2n) is 4.76. The number of carbonyl (C=O) groups excluding carboxylic acids is 1. The summed E-state index contributed by atoms with van der Waals surface area (Å²) in [5.41, 5.74) is 1.22. The molecular formula is C13H15FN2O. The molecule has 0 aliphatic carbocycles. The number of rotatable bonds is 1. The van der Waals surface area contributed by atoms with Gasteiger partial charge in [-0.2, -0.15) is 0 Å². The van der Waals surface area contributed by atoms with Crippen LogP contribution >= 0.6 is 0 Å². The largest absolute Gasteiger partial charge is 0.323 e. The molecule has 1 unspecified atom stereocenters. The van der Waals surface area contributed by atoms with Gasteiger partial charge < -0.3 is 10.6 Å². The molecule has 1 fully saturated rings. The number of carbonyl (C=O) groups is 1. The van der Waals surface area contributed by atoms with Gasteiger partial charge in [0.15, 0.2) is 0 Å².